The smallest absolute Gasteiger partial charge is 0.271 e. The van der Waals surface area contributed by atoms with E-state index < -0.39 is 15.9 Å². The highest BCUT2D eigenvalue weighted by molar-refractivity contribution is 7.89. The number of hydrazone groups is 1. The topological polar surface area (TPSA) is 101 Å². The van der Waals surface area contributed by atoms with Crippen LogP contribution in [0.2, 0.25) is 0 Å². The molecular formula is C18H20N4O4S. The number of amides is 1. The maximum Gasteiger partial charge on any atom is 0.271 e. The van der Waals surface area contributed by atoms with E-state index in [2.05, 4.69) is 15.5 Å². The second kappa shape index (κ2) is 8.38. The third-order valence-electron chi connectivity index (χ3n) is 4.13. The Morgan fingerprint density at radius 2 is 1.85 bits per heavy atom. The van der Waals surface area contributed by atoms with E-state index in [0.29, 0.717) is 32.0 Å². The van der Waals surface area contributed by atoms with Gasteiger partial charge in [-0.05, 0) is 37.3 Å². The summed E-state index contributed by atoms with van der Waals surface area (Å²) < 4.78 is 32.0. The van der Waals surface area contributed by atoms with E-state index in [0.717, 1.165) is 5.56 Å². The zero-order valence-corrected chi connectivity index (χ0v) is 15.6. The molecule has 1 fully saturated rings. The molecule has 9 heteroatoms. The number of carbonyl (C=O) groups excluding carboxylic acids is 1. The highest BCUT2D eigenvalue weighted by atomic mass is 32.2. The first kappa shape index (κ1) is 19.2. The highest BCUT2D eigenvalue weighted by Crippen LogP contribution is 2.18. The van der Waals surface area contributed by atoms with Crippen LogP contribution in [0.25, 0.3) is 0 Å². The van der Waals surface area contributed by atoms with Crippen LogP contribution in [0.1, 0.15) is 22.8 Å². The molecular weight excluding hydrogens is 368 g/mol. The summed E-state index contributed by atoms with van der Waals surface area (Å²) in [5.41, 5.74) is 4.12. The van der Waals surface area contributed by atoms with Crippen LogP contribution in [0.15, 0.2) is 58.8 Å². The third-order valence-corrected chi connectivity index (χ3v) is 6.02. The summed E-state index contributed by atoms with van der Waals surface area (Å²) >= 11 is 0. The fraction of sp³-hybridized carbons (Fsp3) is 0.278. The number of benzene rings is 1. The monoisotopic (exact) mass is 388 g/mol. The molecule has 1 amide bonds. The molecule has 2 aromatic rings. The van der Waals surface area contributed by atoms with Crippen molar-refractivity contribution in [1.29, 1.82) is 0 Å². The first-order valence-corrected chi connectivity index (χ1v) is 9.85. The Kier molecular flexibility index (Phi) is 5.94. The third kappa shape index (κ3) is 4.57. The number of nitrogens with one attached hydrogen (secondary N) is 1. The molecule has 2 heterocycles. The Hall–Kier alpha value is -2.62. The molecule has 1 saturated heterocycles. The van der Waals surface area contributed by atoms with Gasteiger partial charge in [-0.15, -0.1) is 0 Å². The normalized spacial score (nSPS) is 16.1. The van der Waals surface area contributed by atoms with Crippen LogP contribution in [-0.4, -0.2) is 55.6 Å². The van der Waals surface area contributed by atoms with Crippen LogP contribution in [0, 0.1) is 0 Å². The second-order valence-corrected chi connectivity index (χ2v) is 7.86. The first-order valence-electron chi connectivity index (χ1n) is 8.41. The van der Waals surface area contributed by atoms with Gasteiger partial charge in [0.25, 0.3) is 5.91 Å². The molecule has 0 unspecified atom stereocenters. The van der Waals surface area contributed by atoms with Gasteiger partial charge >= 0.3 is 0 Å². The van der Waals surface area contributed by atoms with E-state index in [-0.39, 0.29) is 10.5 Å². The van der Waals surface area contributed by atoms with Crippen molar-refractivity contribution in [2.24, 2.45) is 5.10 Å². The average Bonchev–Trinajstić information content (AvgIpc) is 2.73. The van der Waals surface area contributed by atoms with Gasteiger partial charge in [0.15, 0.2) is 0 Å². The Morgan fingerprint density at radius 1 is 1.15 bits per heavy atom. The van der Waals surface area contributed by atoms with Gasteiger partial charge in [-0.1, -0.05) is 6.07 Å². The molecule has 27 heavy (non-hydrogen) atoms. The first-order chi connectivity index (χ1) is 13.0. The van der Waals surface area contributed by atoms with Crippen molar-refractivity contribution >= 4 is 21.6 Å². The number of rotatable bonds is 5. The Balaban J connectivity index is 1.76. The number of ether oxygens (including phenoxy) is 1. The summed E-state index contributed by atoms with van der Waals surface area (Å²) in [5.74, 6) is -0.484. The van der Waals surface area contributed by atoms with E-state index >= 15 is 0 Å². The molecule has 142 valence electrons. The minimum absolute atomic E-state index is 0.0758. The number of aromatic nitrogens is 1. The standard InChI is InChI=1S/C18H20N4O4S/c1-14(15-5-7-19-8-6-15)20-21-18(23)16-3-2-4-17(13-16)27(24,25)22-9-11-26-12-10-22/h2-8,13H,9-12H2,1H3,(H,21,23). The van der Waals surface area contributed by atoms with E-state index in [1.54, 1.807) is 43.6 Å². The zero-order chi connectivity index (χ0) is 19.3. The molecule has 1 aliphatic heterocycles. The van der Waals surface area contributed by atoms with Crippen LogP contribution < -0.4 is 5.43 Å². The lowest BCUT2D eigenvalue weighted by atomic mass is 10.2. The van der Waals surface area contributed by atoms with Crippen LogP contribution in [0.4, 0.5) is 0 Å². The number of sulfonamides is 1. The molecule has 0 bridgehead atoms. The van der Waals surface area contributed by atoms with Gasteiger partial charge in [-0.25, -0.2) is 13.8 Å². The SMILES string of the molecule is CC(=NNC(=O)c1cccc(S(=O)(=O)N2CCOCC2)c1)c1ccncc1. The van der Waals surface area contributed by atoms with E-state index in [1.165, 1.54) is 16.4 Å². The van der Waals surface area contributed by atoms with Gasteiger partial charge in [-0.2, -0.15) is 9.41 Å². The van der Waals surface area contributed by atoms with Crippen molar-refractivity contribution < 1.29 is 17.9 Å². The minimum atomic E-state index is -3.66. The Labute approximate surface area is 157 Å². The van der Waals surface area contributed by atoms with Gasteiger partial charge in [0.1, 0.15) is 0 Å². The number of hydrogen-bond acceptors (Lipinski definition) is 6. The van der Waals surface area contributed by atoms with Crippen LogP contribution in [-0.2, 0) is 14.8 Å². The van der Waals surface area contributed by atoms with Crippen molar-refractivity contribution in [1.82, 2.24) is 14.7 Å². The van der Waals surface area contributed by atoms with Crippen molar-refractivity contribution in [2.75, 3.05) is 26.3 Å². The molecule has 0 spiro atoms. The average molecular weight is 388 g/mol. The van der Waals surface area contributed by atoms with Crippen LogP contribution in [0.3, 0.4) is 0 Å². The number of pyridine rings is 1. The van der Waals surface area contributed by atoms with Crippen LogP contribution in [0.5, 0.6) is 0 Å². The van der Waals surface area contributed by atoms with E-state index in [4.69, 9.17) is 4.74 Å². The molecule has 1 aromatic carbocycles. The number of hydrogen-bond donors (Lipinski definition) is 1. The summed E-state index contributed by atoms with van der Waals surface area (Å²) in [5, 5.41) is 4.07. The van der Waals surface area contributed by atoms with Crippen LogP contribution >= 0.6 is 0 Å². The number of carbonyl (C=O) groups is 1. The highest BCUT2D eigenvalue weighted by Gasteiger charge is 2.26. The summed E-state index contributed by atoms with van der Waals surface area (Å²) in [6.45, 7) is 3.09. The van der Waals surface area contributed by atoms with Gasteiger partial charge in [0.05, 0.1) is 23.8 Å². The van der Waals surface area contributed by atoms with Gasteiger partial charge in [0.2, 0.25) is 10.0 Å². The predicted octanol–water partition coefficient (Wildman–Crippen LogP) is 1.26. The predicted molar refractivity (Wildman–Crippen MR) is 99.9 cm³/mol. The van der Waals surface area contributed by atoms with Gasteiger partial charge in [-0.3, -0.25) is 9.78 Å². The fourth-order valence-electron chi connectivity index (χ4n) is 2.59. The Bertz CT molecular complexity index is 939. The van der Waals surface area contributed by atoms with Crippen molar-refractivity contribution in [3.63, 3.8) is 0 Å². The van der Waals surface area contributed by atoms with Gasteiger partial charge in [0, 0.05) is 36.6 Å². The van der Waals surface area contributed by atoms with E-state index in [1.807, 2.05) is 0 Å². The summed E-state index contributed by atoms with van der Waals surface area (Å²) in [6, 6.07) is 9.48. The minimum Gasteiger partial charge on any atom is -0.379 e. The Morgan fingerprint density at radius 3 is 2.56 bits per heavy atom. The lowest BCUT2D eigenvalue weighted by Gasteiger charge is -2.26. The number of morpholine rings is 1. The summed E-state index contributed by atoms with van der Waals surface area (Å²) in [4.78, 5) is 16.4. The molecule has 1 N–H and O–H groups in total. The molecule has 1 aromatic heterocycles. The molecule has 0 aliphatic carbocycles. The van der Waals surface area contributed by atoms with Crippen molar-refractivity contribution in [3.8, 4) is 0 Å². The number of nitrogens with zero attached hydrogens (tertiary/aromatic N) is 3. The van der Waals surface area contributed by atoms with Crippen molar-refractivity contribution in [3.05, 3.63) is 59.9 Å². The molecule has 0 saturated carbocycles. The summed E-state index contributed by atoms with van der Waals surface area (Å²) in [6.07, 6.45) is 3.27. The van der Waals surface area contributed by atoms with E-state index in [9.17, 15) is 13.2 Å². The largest absolute Gasteiger partial charge is 0.379 e. The van der Waals surface area contributed by atoms with Gasteiger partial charge < -0.3 is 4.74 Å². The zero-order valence-electron chi connectivity index (χ0n) is 14.8. The molecule has 8 nitrogen and oxygen atoms in total. The summed E-state index contributed by atoms with van der Waals surface area (Å²) in [7, 11) is -3.66. The maximum atomic E-state index is 12.7. The fourth-order valence-corrected chi connectivity index (χ4v) is 4.05. The maximum absolute atomic E-state index is 12.7. The van der Waals surface area contributed by atoms with Crippen molar-refractivity contribution in [2.45, 2.75) is 11.8 Å². The quantitative estimate of drug-likeness (QED) is 0.614. The molecule has 0 atom stereocenters. The lowest BCUT2D eigenvalue weighted by Crippen LogP contribution is -2.40. The lowest BCUT2D eigenvalue weighted by molar-refractivity contribution is 0.0730. The molecule has 0 radical (unpaired) electrons. The molecule has 1 aliphatic rings. The molecule has 3 rings (SSSR count). The second-order valence-electron chi connectivity index (χ2n) is 5.92.